The molecule has 1 aliphatic rings. The number of fused-ring (bicyclic) bond motifs is 1. The maximum Gasteiger partial charge on any atom is 0.265 e. The molecule has 0 unspecified atom stereocenters. The van der Waals surface area contributed by atoms with Crippen molar-refractivity contribution in [2.75, 3.05) is 23.7 Å². The minimum absolute atomic E-state index is 0.0715. The van der Waals surface area contributed by atoms with Gasteiger partial charge in [0.2, 0.25) is 9.84 Å². The normalized spacial score (nSPS) is 17.3. The molecule has 2 aromatic heterocycles. The largest absolute Gasteiger partial charge is 0.384 e. The van der Waals surface area contributed by atoms with Crippen LogP contribution in [-0.2, 0) is 9.84 Å². The van der Waals surface area contributed by atoms with E-state index in [1.807, 2.05) is 0 Å². The summed E-state index contributed by atoms with van der Waals surface area (Å²) in [5.74, 6) is -2.70. The van der Waals surface area contributed by atoms with Crippen LogP contribution in [0.5, 0.6) is 0 Å². The minimum Gasteiger partial charge on any atom is -0.384 e. The van der Waals surface area contributed by atoms with Crippen molar-refractivity contribution in [1.82, 2.24) is 15.0 Å². The topological polar surface area (TPSA) is 105 Å². The average Bonchev–Trinajstić information content (AvgIpc) is 2.98. The van der Waals surface area contributed by atoms with Gasteiger partial charge in [0.25, 0.3) is 5.92 Å². The third kappa shape index (κ3) is 2.99. The summed E-state index contributed by atoms with van der Waals surface area (Å²) in [5, 5.41) is 0. The first-order chi connectivity index (χ1) is 12.8. The monoisotopic (exact) mass is 393 g/mol. The summed E-state index contributed by atoms with van der Waals surface area (Å²) in [6, 6.07) is 7.83. The minimum atomic E-state index is -3.94. The van der Waals surface area contributed by atoms with Crippen LogP contribution >= 0.6 is 0 Å². The van der Waals surface area contributed by atoms with Gasteiger partial charge in [-0.05, 0) is 18.6 Å². The predicted octanol–water partition coefficient (Wildman–Crippen LogP) is 2.61. The van der Waals surface area contributed by atoms with Crippen molar-refractivity contribution < 1.29 is 17.2 Å². The van der Waals surface area contributed by atoms with E-state index < -0.39 is 22.3 Å². The van der Waals surface area contributed by atoms with Crippen LogP contribution in [-0.4, -0.2) is 42.4 Å². The Morgan fingerprint density at radius 1 is 1.19 bits per heavy atom. The Bertz CT molecular complexity index is 1100. The van der Waals surface area contributed by atoms with Gasteiger partial charge in [-0.15, -0.1) is 0 Å². The summed E-state index contributed by atoms with van der Waals surface area (Å²) in [6.07, 6.45) is 1.30. The number of nitrogens with two attached hydrogens (primary N) is 1. The molecule has 3 aromatic rings. The highest BCUT2D eigenvalue weighted by atomic mass is 32.2. The number of anilines is 2. The van der Waals surface area contributed by atoms with E-state index in [1.165, 1.54) is 23.4 Å². The number of nitrogen functional groups attached to an aromatic ring is 1. The highest BCUT2D eigenvalue weighted by molar-refractivity contribution is 7.92. The third-order valence-corrected chi connectivity index (χ3v) is 6.40. The van der Waals surface area contributed by atoms with Crippen LogP contribution in [0.4, 0.5) is 20.4 Å². The molecule has 3 heterocycles. The number of H-pyrrole nitrogens is 1. The van der Waals surface area contributed by atoms with E-state index in [2.05, 4.69) is 15.0 Å². The number of benzene rings is 1. The van der Waals surface area contributed by atoms with E-state index >= 15 is 0 Å². The first kappa shape index (κ1) is 17.7. The summed E-state index contributed by atoms with van der Waals surface area (Å²) in [5.41, 5.74) is 6.29. The van der Waals surface area contributed by atoms with E-state index in [0.29, 0.717) is 13.0 Å². The zero-order valence-corrected chi connectivity index (χ0v) is 15.0. The molecule has 0 saturated carbocycles. The molecular formula is C17H17F2N5O2S. The van der Waals surface area contributed by atoms with Crippen LogP contribution < -0.4 is 10.6 Å². The summed E-state index contributed by atoms with van der Waals surface area (Å²) >= 11 is 0. The van der Waals surface area contributed by atoms with E-state index in [-0.39, 0.29) is 38.9 Å². The molecule has 0 radical (unpaired) electrons. The fourth-order valence-electron chi connectivity index (χ4n) is 3.36. The Balaban J connectivity index is 1.87. The molecule has 27 heavy (non-hydrogen) atoms. The Morgan fingerprint density at radius 2 is 1.93 bits per heavy atom. The van der Waals surface area contributed by atoms with Gasteiger partial charge >= 0.3 is 0 Å². The summed E-state index contributed by atoms with van der Waals surface area (Å²) < 4.78 is 53.7. The lowest BCUT2D eigenvalue weighted by molar-refractivity contribution is -0.0118. The molecule has 7 nitrogen and oxygen atoms in total. The summed E-state index contributed by atoms with van der Waals surface area (Å²) in [4.78, 5) is 12.3. The van der Waals surface area contributed by atoms with Crippen molar-refractivity contribution in [2.24, 2.45) is 0 Å². The average molecular weight is 393 g/mol. The van der Waals surface area contributed by atoms with Crippen LogP contribution in [0.3, 0.4) is 0 Å². The maximum absolute atomic E-state index is 13.8. The van der Waals surface area contributed by atoms with Crippen LogP contribution in [0.2, 0.25) is 0 Å². The number of aromatic amines is 1. The molecule has 0 amide bonds. The molecule has 1 aromatic carbocycles. The number of aromatic nitrogens is 3. The number of hydrogen-bond donors (Lipinski definition) is 2. The Hall–Kier alpha value is -2.75. The Labute approximate surface area is 154 Å². The second-order valence-corrected chi connectivity index (χ2v) is 8.37. The number of alkyl halides is 2. The summed E-state index contributed by atoms with van der Waals surface area (Å²) in [6.45, 7) is -0.0970. The lowest BCUT2D eigenvalue weighted by atomic mass is 10.1. The van der Waals surface area contributed by atoms with Gasteiger partial charge in [0.15, 0.2) is 5.82 Å². The van der Waals surface area contributed by atoms with Crippen molar-refractivity contribution in [1.29, 1.82) is 0 Å². The summed E-state index contributed by atoms with van der Waals surface area (Å²) in [7, 11) is -3.94. The number of sulfone groups is 1. The molecule has 1 fully saturated rings. The smallest absolute Gasteiger partial charge is 0.265 e. The molecule has 10 heteroatoms. The van der Waals surface area contributed by atoms with Crippen molar-refractivity contribution in [3.63, 3.8) is 0 Å². The van der Waals surface area contributed by atoms with Crippen LogP contribution in [0, 0.1) is 0 Å². The van der Waals surface area contributed by atoms with Crippen molar-refractivity contribution in [3.05, 3.63) is 36.7 Å². The number of piperidine rings is 1. The SMILES string of the molecule is Nc1[nH]c2c(N3CCCC(F)(F)C3)ncnc2c1S(=O)(=O)c1ccccc1. The van der Waals surface area contributed by atoms with Gasteiger partial charge in [0.05, 0.1) is 11.4 Å². The molecular weight excluding hydrogens is 376 g/mol. The Kier molecular flexibility index (Phi) is 4.02. The molecule has 0 aliphatic carbocycles. The van der Waals surface area contributed by atoms with Crippen LogP contribution in [0.15, 0.2) is 46.5 Å². The molecule has 0 atom stereocenters. The second kappa shape index (κ2) is 6.15. The first-order valence-electron chi connectivity index (χ1n) is 8.35. The molecule has 1 aliphatic heterocycles. The number of nitrogens with zero attached hydrogens (tertiary/aromatic N) is 3. The van der Waals surface area contributed by atoms with Crippen molar-refractivity contribution >= 4 is 32.5 Å². The number of halogens is 2. The van der Waals surface area contributed by atoms with Gasteiger partial charge in [-0.25, -0.2) is 27.2 Å². The zero-order chi connectivity index (χ0) is 19.2. The number of hydrogen-bond acceptors (Lipinski definition) is 6. The van der Waals surface area contributed by atoms with Gasteiger partial charge < -0.3 is 15.6 Å². The molecule has 3 N–H and O–H groups in total. The molecule has 4 rings (SSSR count). The fraction of sp³-hybridized carbons (Fsp3) is 0.294. The molecule has 0 bridgehead atoms. The van der Waals surface area contributed by atoms with Crippen LogP contribution in [0.25, 0.3) is 11.0 Å². The van der Waals surface area contributed by atoms with E-state index in [0.717, 1.165) is 0 Å². The Morgan fingerprint density at radius 3 is 2.63 bits per heavy atom. The standard InChI is InChI=1S/C17H17F2N5O2S/c18-17(19)7-4-8-24(9-17)16-13-12(21-10-22-16)14(15(20)23-13)27(25,26)11-5-2-1-3-6-11/h1-3,5-6,10,23H,4,7-9,20H2. The van der Waals surface area contributed by atoms with E-state index in [9.17, 15) is 17.2 Å². The van der Waals surface area contributed by atoms with Gasteiger partial charge in [-0.1, -0.05) is 18.2 Å². The highest BCUT2D eigenvalue weighted by Gasteiger charge is 2.37. The maximum atomic E-state index is 13.8. The van der Waals surface area contributed by atoms with Gasteiger partial charge in [0, 0.05) is 13.0 Å². The molecule has 1 saturated heterocycles. The lowest BCUT2D eigenvalue weighted by Gasteiger charge is -2.33. The fourth-order valence-corrected chi connectivity index (χ4v) is 4.86. The number of rotatable bonds is 3. The zero-order valence-electron chi connectivity index (χ0n) is 14.2. The quantitative estimate of drug-likeness (QED) is 0.709. The van der Waals surface area contributed by atoms with Gasteiger partial charge in [-0.2, -0.15) is 0 Å². The van der Waals surface area contributed by atoms with Crippen molar-refractivity contribution in [2.45, 2.75) is 28.6 Å². The molecule has 0 spiro atoms. The first-order valence-corrected chi connectivity index (χ1v) is 9.83. The predicted molar refractivity (Wildman–Crippen MR) is 96.6 cm³/mol. The van der Waals surface area contributed by atoms with Gasteiger partial charge in [-0.3, -0.25) is 0 Å². The third-order valence-electron chi connectivity index (χ3n) is 4.56. The second-order valence-electron chi connectivity index (χ2n) is 6.49. The van der Waals surface area contributed by atoms with Gasteiger partial charge in [0.1, 0.15) is 28.1 Å². The van der Waals surface area contributed by atoms with E-state index in [1.54, 1.807) is 18.2 Å². The molecule has 142 valence electrons. The van der Waals surface area contributed by atoms with Crippen LogP contribution in [0.1, 0.15) is 12.8 Å². The lowest BCUT2D eigenvalue weighted by Crippen LogP contribution is -2.43. The highest BCUT2D eigenvalue weighted by Crippen LogP contribution is 2.37. The number of nitrogens with one attached hydrogen (secondary N) is 1. The van der Waals surface area contributed by atoms with E-state index in [4.69, 9.17) is 5.73 Å². The van der Waals surface area contributed by atoms with Crippen molar-refractivity contribution in [3.8, 4) is 0 Å².